The monoisotopic (exact) mass is 493 g/mol. The Morgan fingerprint density at radius 2 is 2.12 bits per heavy atom. The number of aliphatic hydroxyl groups is 1. The lowest BCUT2D eigenvalue weighted by Gasteiger charge is -2.22. The Labute approximate surface area is 157 Å². The van der Waals surface area contributed by atoms with Crippen LogP contribution in [0.3, 0.4) is 0 Å². The second-order valence-electron chi connectivity index (χ2n) is 5.09. The molecule has 11 nitrogen and oxygen atoms in total. The third-order valence-corrected chi connectivity index (χ3v) is 5.14. The molecule has 3 aliphatic heterocycles. The zero-order valence-corrected chi connectivity index (χ0v) is 15.5. The van der Waals surface area contributed by atoms with Crippen molar-refractivity contribution in [3.63, 3.8) is 0 Å². The summed E-state index contributed by atoms with van der Waals surface area (Å²) in [6.45, 7) is -0.356. The molecule has 0 bridgehead atoms. The molecule has 134 valence electrons. The Bertz CT molecular complexity index is 769. The summed E-state index contributed by atoms with van der Waals surface area (Å²) in [7, 11) is 0. The predicted molar refractivity (Wildman–Crippen MR) is 93.3 cm³/mol. The van der Waals surface area contributed by atoms with Crippen LogP contribution in [0.2, 0.25) is 0 Å². The molecule has 6 atom stereocenters. The van der Waals surface area contributed by atoms with Crippen molar-refractivity contribution in [3.8, 4) is 0 Å². The molecule has 0 radical (unpaired) electrons. The largest absolute Gasteiger partial charge is 0.394 e. The normalized spacial score (nSPS) is 37.2. The van der Waals surface area contributed by atoms with E-state index in [-0.39, 0.29) is 29.0 Å². The van der Waals surface area contributed by atoms with E-state index in [9.17, 15) is 14.1 Å². The van der Waals surface area contributed by atoms with Crippen LogP contribution < -0.4 is 16.7 Å². The highest BCUT2D eigenvalue weighted by Crippen LogP contribution is 2.40. The Morgan fingerprint density at radius 1 is 1.42 bits per heavy atom. The first-order valence-electron chi connectivity index (χ1n) is 6.60. The predicted octanol–water partition coefficient (Wildman–Crippen LogP) is -1.30. The van der Waals surface area contributed by atoms with Crippen LogP contribution in [0, 0.1) is 0 Å². The number of halogens is 2. The molecule has 14 heteroatoms. The maximum Gasteiger partial charge on any atom is 0.329 e. The molecule has 0 spiro atoms. The number of nitrogens with two attached hydrogens (primary N) is 1. The number of nitrogens with zero attached hydrogens (tertiary/aromatic N) is 2. The molecular formula is C10H13ClIN5O6S. The van der Waals surface area contributed by atoms with Crippen LogP contribution in [0.5, 0.6) is 0 Å². The Hall–Kier alpha value is -0.710. The molecule has 0 aliphatic carbocycles. The molecule has 0 amide bonds. The Kier molecular flexibility index (Phi) is 4.93. The SMILES string of the molecule is Cl.NC1=NC(I)Nc2c1[nH]c(=O)n2[C@@H]1O[C@H](CO)[C@H]2OS(=O)O[C@H]21. The number of aliphatic hydroxyl groups excluding tert-OH is 1. The van der Waals surface area contributed by atoms with Gasteiger partial charge in [-0.3, -0.25) is 8.37 Å². The Morgan fingerprint density at radius 3 is 2.83 bits per heavy atom. The van der Waals surface area contributed by atoms with Crippen molar-refractivity contribution in [1.82, 2.24) is 9.55 Å². The minimum atomic E-state index is -1.95. The highest BCUT2D eigenvalue weighted by atomic mass is 127. The first kappa shape index (κ1) is 18.1. The second kappa shape index (κ2) is 6.54. The lowest BCUT2D eigenvalue weighted by atomic mass is 10.1. The standard InChI is InChI=1S/C10H12IN5O6S.ClH/c11-9-14-6(12)3-7(15-9)16(10(18)13-3)8-5-4(2(1-17)20-8)21-23(19)22-5;/h2,4-5,8-9,15,17H,1H2,(H2,12,14)(H,13,18);1H/t2-,4-,5-,8-,9?,23?;/m1./s1. The van der Waals surface area contributed by atoms with Crippen LogP contribution in [0.4, 0.5) is 5.82 Å². The fourth-order valence-corrected chi connectivity index (χ4v) is 4.28. The highest BCUT2D eigenvalue weighted by molar-refractivity contribution is 14.1. The molecule has 4 heterocycles. The van der Waals surface area contributed by atoms with Crippen LogP contribution in [-0.2, 0) is 24.5 Å². The average molecular weight is 494 g/mol. The van der Waals surface area contributed by atoms with E-state index in [4.69, 9.17) is 18.8 Å². The number of hydrogen-bond acceptors (Lipinski definition) is 9. The lowest BCUT2D eigenvalue weighted by Crippen LogP contribution is -2.34. The van der Waals surface area contributed by atoms with Gasteiger partial charge in [0, 0.05) is 0 Å². The zero-order valence-electron chi connectivity index (χ0n) is 11.7. The van der Waals surface area contributed by atoms with E-state index < -0.39 is 41.6 Å². The van der Waals surface area contributed by atoms with E-state index in [1.807, 2.05) is 22.6 Å². The van der Waals surface area contributed by atoms with Gasteiger partial charge >= 0.3 is 17.1 Å². The van der Waals surface area contributed by atoms with Gasteiger partial charge < -0.3 is 25.9 Å². The van der Waals surface area contributed by atoms with Crippen molar-refractivity contribution in [1.29, 1.82) is 0 Å². The summed E-state index contributed by atoms with van der Waals surface area (Å²) in [5.74, 6) is 0.583. The van der Waals surface area contributed by atoms with Crippen LogP contribution >= 0.6 is 35.0 Å². The van der Waals surface area contributed by atoms with E-state index in [2.05, 4.69) is 15.3 Å². The summed E-state index contributed by atoms with van der Waals surface area (Å²) in [4.78, 5) is 19.1. The molecule has 0 saturated carbocycles. The van der Waals surface area contributed by atoms with Gasteiger partial charge in [-0.1, -0.05) is 0 Å². The summed E-state index contributed by atoms with van der Waals surface area (Å²) >= 11 is 0.0648. The molecular weight excluding hydrogens is 481 g/mol. The number of aromatic nitrogens is 2. The number of anilines is 1. The number of fused-ring (bicyclic) bond motifs is 2. The fraction of sp³-hybridized carbons (Fsp3) is 0.600. The van der Waals surface area contributed by atoms with E-state index in [1.165, 1.54) is 4.57 Å². The van der Waals surface area contributed by atoms with Gasteiger partial charge in [0.15, 0.2) is 16.5 Å². The van der Waals surface area contributed by atoms with Gasteiger partial charge in [-0.25, -0.2) is 14.4 Å². The van der Waals surface area contributed by atoms with Gasteiger partial charge in [0.2, 0.25) is 0 Å². The number of alkyl halides is 1. The first-order chi connectivity index (χ1) is 11.0. The van der Waals surface area contributed by atoms with E-state index in [1.54, 1.807) is 0 Å². The molecule has 0 aromatic carbocycles. The van der Waals surface area contributed by atoms with Crippen molar-refractivity contribution >= 4 is 58.0 Å². The number of amidine groups is 1. The van der Waals surface area contributed by atoms with Gasteiger partial charge in [-0.15, -0.1) is 12.4 Å². The van der Waals surface area contributed by atoms with E-state index in [0.29, 0.717) is 11.5 Å². The number of rotatable bonds is 2. The molecule has 3 aliphatic rings. The van der Waals surface area contributed by atoms with E-state index in [0.717, 1.165) is 0 Å². The Balaban J connectivity index is 0.00000169. The number of hydrogen-bond donors (Lipinski definition) is 4. The first-order valence-corrected chi connectivity index (χ1v) is 8.85. The van der Waals surface area contributed by atoms with Gasteiger partial charge in [0.1, 0.15) is 29.6 Å². The molecule has 24 heavy (non-hydrogen) atoms. The van der Waals surface area contributed by atoms with Gasteiger partial charge in [0.05, 0.1) is 6.61 Å². The van der Waals surface area contributed by atoms with E-state index >= 15 is 0 Å². The summed E-state index contributed by atoms with van der Waals surface area (Å²) in [6, 6.07) is 0. The lowest BCUT2D eigenvalue weighted by molar-refractivity contribution is -0.0545. The summed E-state index contributed by atoms with van der Waals surface area (Å²) in [5, 5.41) is 12.4. The maximum absolute atomic E-state index is 12.4. The van der Waals surface area contributed by atoms with Crippen molar-refractivity contribution in [3.05, 3.63) is 16.2 Å². The fourth-order valence-electron chi connectivity index (χ4n) is 2.84. The number of nitrogens with one attached hydrogen (secondary N) is 2. The zero-order chi connectivity index (χ0) is 16.3. The molecule has 2 saturated heterocycles. The van der Waals surface area contributed by atoms with Crippen molar-refractivity contribution in [2.45, 2.75) is 28.7 Å². The number of aliphatic imine (C=N–C) groups is 1. The van der Waals surface area contributed by atoms with Crippen LogP contribution in [0.15, 0.2) is 9.79 Å². The molecule has 5 N–H and O–H groups in total. The smallest absolute Gasteiger partial charge is 0.329 e. The minimum Gasteiger partial charge on any atom is -0.394 e. The summed E-state index contributed by atoms with van der Waals surface area (Å²) in [6.07, 6.45) is -3.19. The number of ether oxygens (including phenoxy) is 1. The van der Waals surface area contributed by atoms with Crippen molar-refractivity contribution < 1.29 is 22.4 Å². The third-order valence-electron chi connectivity index (χ3n) is 3.79. The van der Waals surface area contributed by atoms with Gasteiger partial charge in [-0.05, 0) is 22.6 Å². The molecule has 2 unspecified atom stereocenters. The maximum atomic E-state index is 12.4. The van der Waals surface area contributed by atoms with Crippen LogP contribution in [0.1, 0.15) is 11.9 Å². The summed E-state index contributed by atoms with van der Waals surface area (Å²) in [5.41, 5.74) is 5.69. The van der Waals surface area contributed by atoms with Crippen LogP contribution in [-0.4, -0.2) is 53.8 Å². The van der Waals surface area contributed by atoms with Gasteiger partial charge in [0.25, 0.3) is 0 Å². The number of aromatic amines is 1. The van der Waals surface area contributed by atoms with Gasteiger partial charge in [-0.2, -0.15) is 4.21 Å². The average Bonchev–Trinajstić information content (AvgIpc) is 3.10. The van der Waals surface area contributed by atoms with Crippen LogP contribution in [0.25, 0.3) is 0 Å². The summed E-state index contributed by atoms with van der Waals surface area (Å²) < 4.78 is 28.4. The molecule has 2 fully saturated rings. The molecule has 1 aromatic rings. The third kappa shape index (κ3) is 2.67. The second-order valence-corrected chi connectivity index (χ2v) is 7.06. The topological polar surface area (TPSA) is 153 Å². The minimum absolute atomic E-state index is 0. The van der Waals surface area contributed by atoms with Crippen molar-refractivity contribution in [2.24, 2.45) is 10.7 Å². The van der Waals surface area contributed by atoms with Crippen molar-refractivity contribution in [2.75, 3.05) is 11.9 Å². The molecule has 4 rings (SSSR count). The number of imidazole rings is 1. The molecule has 1 aromatic heterocycles. The highest BCUT2D eigenvalue weighted by Gasteiger charge is 2.54. The quantitative estimate of drug-likeness (QED) is 0.225. The number of H-pyrrole nitrogens is 1.